The van der Waals surface area contributed by atoms with Gasteiger partial charge >= 0.3 is 0 Å². The zero-order valence-electron chi connectivity index (χ0n) is 18.7. The molecule has 0 saturated carbocycles. The Morgan fingerprint density at radius 1 is 0.594 bits per heavy atom. The molecule has 4 rings (SSSR count). The summed E-state index contributed by atoms with van der Waals surface area (Å²) in [6.07, 6.45) is 12.2. The van der Waals surface area contributed by atoms with Gasteiger partial charge in [0.2, 0.25) is 0 Å². The molecular formula is C26H26N4S2. The Morgan fingerprint density at radius 3 is 1.41 bits per heavy atom. The van der Waals surface area contributed by atoms with E-state index in [2.05, 4.69) is 109 Å². The molecule has 0 aliphatic heterocycles. The van der Waals surface area contributed by atoms with Crippen LogP contribution in [0.4, 0.5) is 10.0 Å². The van der Waals surface area contributed by atoms with Crippen molar-refractivity contribution in [2.75, 3.05) is 38.0 Å². The van der Waals surface area contributed by atoms with Crippen LogP contribution in [0.5, 0.6) is 0 Å². The van der Waals surface area contributed by atoms with Crippen LogP contribution in [-0.2, 0) is 0 Å². The van der Waals surface area contributed by atoms with Crippen LogP contribution in [-0.4, -0.2) is 38.2 Å². The van der Waals surface area contributed by atoms with E-state index >= 15 is 0 Å². The molecule has 0 unspecified atom stereocenters. The highest BCUT2D eigenvalue weighted by atomic mass is 32.1. The van der Waals surface area contributed by atoms with Crippen molar-refractivity contribution in [2.24, 2.45) is 0 Å². The van der Waals surface area contributed by atoms with E-state index in [4.69, 9.17) is 0 Å². The number of anilines is 2. The van der Waals surface area contributed by atoms with E-state index in [1.165, 1.54) is 19.8 Å². The normalized spacial score (nSPS) is 11.5. The molecule has 0 fully saturated rings. The average Bonchev–Trinajstić information content (AvgIpc) is 3.47. The Bertz CT molecular complexity index is 1150. The molecule has 162 valence electrons. The fourth-order valence-corrected chi connectivity index (χ4v) is 4.75. The maximum atomic E-state index is 4.55. The van der Waals surface area contributed by atoms with Crippen molar-refractivity contribution in [1.29, 1.82) is 0 Å². The minimum Gasteiger partial charge on any atom is -0.370 e. The van der Waals surface area contributed by atoms with Gasteiger partial charge in [-0.25, -0.2) is 0 Å². The predicted molar refractivity (Wildman–Crippen MR) is 143 cm³/mol. The minimum atomic E-state index is 0.869. The number of thiophene rings is 2. The molecule has 0 aliphatic carbocycles. The van der Waals surface area contributed by atoms with Crippen molar-refractivity contribution in [3.63, 3.8) is 0 Å². The summed E-state index contributed by atoms with van der Waals surface area (Å²) in [7, 11) is 8.25. The molecule has 6 heteroatoms. The summed E-state index contributed by atoms with van der Waals surface area (Å²) in [5.41, 5.74) is 3.95. The van der Waals surface area contributed by atoms with Crippen molar-refractivity contribution in [1.82, 2.24) is 9.97 Å². The van der Waals surface area contributed by atoms with Gasteiger partial charge in [-0.1, -0.05) is 12.2 Å². The molecule has 0 spiro atoms. The summed E-state index contributed by atoms with van der Waals surface area (Å²) in [4.78, 5) is 15.8. The van der Waals surface area contributed by atoms with Gasteiger partial charge in [0.1, 0.15) is 0 Å². The Morgan fingerprint density at radius 2 is 1.03 bits per heavy atom. The summed E-state index contributed by atoms with van der Waals surface area (Å²) in [6, 6.07) is 16.8. The highest BCUT2D eigenvalue weighted by molar-refractivity contribution is 7.17. The zero-order valence-corrected chi connectivity index (χ0v) is 20.3. The molecule has 32 heavy (non-hydrogen) atoms. The maximum absolute atomic E-state index is 4.55. The summed E-state index contributed by atoms with van der Waals surface area (Å²) in [6.45, 7) is 0. The predicted octanol–water partition coefficient (Wildman–Crippen LogP) is 6.74. The summed E-state index contributed by atoms with van der Waals surface area (Å²) < 4.78 is 0. The first-order valence-corrected chi connectivity index (χ1v) is 11.9. The fourth-order valence-electron chi connectivity index (χ4n) is 3.08. The van der Waals surface area contributed by atoms with Crippen molar-refractivity contribution in [2.45, 2.75) is 0 Å². The van der Waals surface area contributed by atoms with Gasteiger partial charge in [0, 0.05) is 50.3 Å². The molecule has 0 radical (unpaired) electrons. The van der Waals surface area contributed by atoms with Gasteiger partial charge in [-0.2, -0.15) is 0 Å². The Kier molecular flexibility index (Phi) is 6.83. The lowest BCUT2D eigenvalue weighted by atomic mass is 10.1. The lowest BCUT2D eigenvalue weighted by Crippen LogP contribution is -2.05. The zero-order chi connectivity index (χ0) is 22.5. The highest BCUT2D eigenvalue weighted by Crippen LogP contribution is 2.27. The molecule has 0 aliphatic rings. The van der Waals surface area contributed by atoms with Gasteiger partial charge < -0.3 is 9.80 Å². The van der Waals surface area contributed by atoms with Gasteiger partial charge in [-0.3, -0.25) is 9.97 Å². The standard InChI is InChI=1S/C26H26N4S2/c1-29(2)25-11-9-21(31-25)7-5-19-13-15-27-23(17-19)24-18-20(14-16-28-24)6-8-22-10-12-26(32-22)30(3)4/h5-18H,1-4H3/b7-5+,8-6+. The number of hydrogen-bond acceptors (Lipinski definition) is 6. The first kappa shape index (κ1) is 22.0. The minimum absolute atomic E-state index is 0.869. The first-order valence-electron chi connectivity index (χ1n) is 10.3. The van der Waals surface area contributed by atoms with E-state index in [-0.39, 0.29) is 0 Å². The van der Waals surface area contributed by atoms with Crippen LogP contribution in [0.3, 0.4) is 0 Å². The van der Waals surface area contributed by atoms with Crippen molar-refractivity contribution < 1.29 is 0 Å². The van der Waals surface area contributed by atoms with Gasteiger partial charge in [-0.05, 0) is 71.8 Å². The number of rotatable bonds is 7. The summed E-state index contributed by atoms with van der Waals surface area (Å²) in [5.74, 6) is 0. The van der Waals surface area contributed by atoms with E-state index in [9.17, 15) is 0 Å². The summed E-state index contributed by atoms with van der Waals surface area (Å²) >= 11 is 3.54. The Labute approximate surface area is 197 Å². The topological polar surface area (TPSA) is 32.3 Å². The second-order valence-electron chi connectivity index (χ2n) is 7.76. The quantitative estimate of drug-likeness (QED) is 0.307. The second kappa shape index (κ2) is 9.94. The van der Waals surface area contributed by atoms with E-state index in [1.54, 1.807) is 22.7 Å². The van der Waals surface area contributed by atoms with Gasteiger partial charge in [0.05, 0.1) is 21.4 Å². The lowest BCUT2D eigenvalue weighted by molar-refractivity contribution is 1.16. The maximum Gasteiger partial charge on any atom is 0.0909 e. The molecule has 4 heterocycles. The molecule has 0 amide bonds. The van der Waals surface area contributed by atoms with Crippen LogP contribution in [0.25, 0.3) is 35.7 Å². The van der Waals surface area contributed by atoms with E-state index < -0.39 is 0 Å². The Hall–Kier alpha value is -3.22. The SMILES string of the molecule is CN(C)c1ccc(/C=C/c2ccnc(-c3cc(/C=C/c4ccc(N(C)C)s4)ccn3)c2)s1. The van der Waals surface area contributed by atoms with Gasteiger partial charge in [0.25, 0.3) is 0 Å². The first-order chi connectivity index (χ1) is 15.5. The van der Waals surface area contributed by atoms with Crippen molar-refractivity contribution in [3.8, 4) is 11.4 Å². The van der Waals surface area contributed by atoms with Gasteiger partial charge in [0.15, 0.2) is 0 Å². The van der Waals surface area contributed by atoms with E-state index in [0.29, 0.717) is 0 Å². The van der Waals surface area contributed by atoms with Crippen LogP contribution in [0, 0.1) is 0 Å². The second-order valence-corrected chi connectivity index (χ2v) is 9.94. The van der Waals surface area contributed by atoms with Crippen LogP contribution < -0.4 is 9.80 Å². The number of aromatic nitrogens is 2. The largest absolute Gasteiger partial charge is 0.370 e. The van der Waals surface area contributed by atoms with Crippen LogP contribution >= 0.6 is 22.7 Å². The molecule has 0 atom stereocenters. The monoisotopic (exact) mass is 458 g/mol. The highest BCUT2D eigenvalue weighted by Gasteiger charge is 2.04. The molecule has 4 aromatic rings. The summed E-state index contributed by atoms with van der Waals surface area (Å²) in [5, 5.41) is 2.49. The third-order valence-electron chi connectivity index (χ3n) is 4.82. The number of hydrogen-bond donors (Lipinski definition) is 0. The lowest BCUT2D eigenvalue weighted by Gasteiger charge is -2.06. The molecule has 0 N–H and O–H groups in total. The third kappa shape index (κ3) is 5.52. The van der Waals surface area contributed by atoms with Crippen molar-refractivity contribution in [3.05, 3.63) is 81.8 Å². The molecular weight excluding hydrogens is 432 g/mol. The van der Waals surface area contributed by atoms with Crippen LogP contribution in [0.15, 0.2) is 60.9 Å². The van der Waals surface area contributed by atoms with Crippen LogP contribution in [0.1, 0.15) is 20.9 Å². The number of pyridine rings is 2. The smallest absolute Gasteiger partial charge is 0.0909 e. The van der Waals surface area contributed by atoms with Crippen LogP contribution in [0.2, 0.25) is 0 Å². The van der Waals surface area contributed by atoms with Crippen molar-refractivity contribution >= 4 is 57.0 Å². The number of nitrogens with zero attached hydrogens (tertiary/aromatic N) is 4. The molecule has 0 saturated heterocycles. The molecule has 4 aromatic heterocycles. The molecule has 0 aromatic carbocycles. The molecule has 4 nitrogen and oxygen atoms in total. The average molecular weight is 459 g/mol. The third-order valence-corrected chi connectivity index (χ3v) is 7.25. The van der Waals surface area contributed by atoms with Gasteiger partial charge in [-0.15, -0.1) is 22.7 Å². The van der Waals surface area contributed by atoms with E-state index in [1.807, 2.05) is 24.5 Å². The fraction of sp³-hybridized carbons (Fsp3) is 0.154. The molecule has 0 bridgehead atoms. The van der Waals surface area contributed by atoms with E-state index in [0.717, 1.165) is 22.5 Å². The Balaban J connectivity index is 1.51.